The van der Waals surface area contributed by atoms with E-state index in [4.69, 9.17) is 0 Å². The number of benzene rings is 1. The molecule has 5 nitrogen and oxygen atoms in total. The van der Waals surface area contributed by atoms with E-state index < -0.39 is 9.84 Å². The smallest absolute Gasteiger partial charge is 0.177 e. The van der Waals surface area contributed by atoms with Crippen LogP contribution in [-0.4, -0.2) is 29.2 Å². The van der Waals surface area contributed by atoms with Crippen LogP contribution in [0.5, 0.6) is 0 Å². The van der Waals surface area contributed by atoms with Crippen LogP contribution < -0.4 is 0 Å². The molecule has 0 atom stereocenters. The molecule has 0 aliphatic carbocycles. The Morgan fingerprint density at radius 1 is 1.19 bits per heavy atom. The molecular weight excluding hydrogens is 286 g/mol. The van der Waals surface area contributed by atoms with E-state index in [0.29, 0.717) is 11.4 Å². The number of pyridine rings is 1. The van der Waals surface area contributed by atoms with Gasteiger partial charge in [-0.25, -0.2) is 13.4 Å². The van der Waals surface area contributed by atoms with Gasteiger partial charge in [-0.3, -0.25) is 4.98 Å². The Morgan fingerprint density at radius 2 is 1.95 bits per heavy atom. The summed E-state index contributed by atoms with van der Waals surface area (Å²) >= 11 is 0. The van der Waals surface area contributed by atoms with Gasteiger partial charge in [-0.1, -0.05) is 6.07 Å². The first kappa shape index (κ1) is 13.8. The molecule has 0 saturated carbocycles. The van der Waals surface area contributed by atoms with Crippen molar-refractivity contribution in [3.05, 3.63) is 42.2 Å². The van der Waals surface area contributed by atoms with Gasteiger partial charge in [-0.2, -0.15) is 0 Å². The molecule has 0 unspecified atom stereocenters. The maximum absolute atomic E-state index is 11.9. The van der Waals surface area contributed by atoms with Crippen LogP contribution in [0, 0.1) is 6.92 Å². The number of sulfone groups is 1. The molecule has 2 aromatic heterocycles. The molecule has 3 aromatic rings. The zero-order chi connectivity index (χ0) is 15.2. The first-order valence-corrected chi connectivity index (χ1v) is 8.34. The summed E-state index contributed by atoms with van der Waals surface area (Å²) in [5.41, 5.74) is 3.50. The highest BCUT2D eigenvalue weighted by Crippen LogP contribution is 2.28. The number of nitrogens with zero attached hydrogens (tertiary/aromatic N) is 3. The predicted octanol–water partition coefficient (Wildman–Crippen LogP) is 2.35. The Bertz CT molecular complexity index is 943. The van der Waals surface area contributed by atoms with Crippen LogP contribution in [0.15, 0.2) is 41.6 Å². The van der Waals surface area contributed by atoms with Gasteiger partial charge in [-0.05, 0) is 30.7 Å². The number of imidazole rings is 1. The molecule has 21 heavy (non-hydrogen) atoms. The van der Waals surface area contributed by atoms with Crippen LogP contribution in [0.1, 0.15) is 5.56 Å². The lowest BCUT2D eigenvalue weighted by atomic mass is 10.2. The van der Waals surface area contributed by atoms with Crippen LogP contribution >= 0.6 is 0 Å². The minimum Gasteiger partial charge on any atom is -0.327 e. The molecule has 0 spiro atoms. The monoisotopic (exact) mass is 301 g/mol. The molecule has 0 amide bonds. The van der Waals surface area contributed by atoms with Crippen LogP contribution in [-0.2, 0) is 16.9 Å². The van der Waals surface area contributed by atoms with E-state index in [1.54, 1.807) is 12.3 Å². The molecule has 0 aliphatic rings. The zero-order valence-electron chi connectivity index (χ0n) is 12.0. The second-order valence-electron chi connectivity index (χ2n) is 5.13. The van der Waals surface area contributed by atoms with E-state index in [0.717, 1.165) is 16.6 Å². The zero-order valence-corrected chi connectivity index (χ0v) is 12.8. The lowest BCUT2D eigenvalue weighted by Crippen LogP contribution is -2.03. The Morgan fingerprint density at radius 3 is 2.67 bits per heavy atom. The van der Waals surface area contributed by atoms with Crippen molar-refractivity contribution in [3.8, 4) is 11.4 Å². The molecule has 6 heteroatoms. The number of fused-ring (bicyclic) bond motifs is 1. The summed E-state index contributed by atoms with van der Waals surface area (Å²) in [6.45, 7) is 2.00. The molecular formula is C15H15N3O2S. The van der Waals surface area contributed by atoms with E-state index >= 15 is 0 Å². The van der Waals surface area contributed by atoms with Gasteiger partial charge >= 0.3 is 0 Å². The standard InChI is InChI=1S/C15H15N3O2S/c1-10-4-5-13-12(8-10)17-15(18(13)2)11-6-7-16-9-14(11)21(3,19)20/h4-9H,1-3H3. The van der Waals surface area contributed by atoms with E-state index in [-0.39, 0.29) is 4.90 Å². The summed E-state index contributed by atoms with van der Waals surface area (Å²) in [5.74, 6) is 0.624. The number of hydrogen-bond acceptors (Lipinski definition) is 4. The Labute approximate surface area is 123 Å². The highest BCUT2D eigenvalue weighted by molar-refractivity contribution is 7.90. The summed E-state index contributed by atoms with van der Waals surface area (Å²) in [6, 6.07) is 7.67. The van der Waals surface area contributed by atoms with Crippen LogP contribution in [0.4, 0.5) is 0 Å². The van der Waals surface area contributed by atoms with E-state index in [1.165, 1.54) is 12.5 Å². The molecule has 0 fully saturated rings. The molecule has 0 bridgehead atoms. The van der Waals surface area contributed by atoms with Crippen molar-refractivity contribution in [3.63, 3.8) is 0 Å². The third kappa shape index (κ3) is 2.31. The summed E-state index contributed by atoms with van der Waals surface area (Å²) < 4.78 is 25.8. The third-order valence-electron chi connectivity index (χ3n) is 3.46. The van der Waals surface area contributed by atoms with E-state index in [2.05, 4.69) is 9.97 Å². The maximum atomic E-state index is 11.9. The largest absolute Gasteiger partial charge is 0.327 e. The van der Waals surface area contributed by atoms with E-state index in [9.17, 15) is 8.42 Å². The van der Waals surface area contributed by atoms with Crippen molar-refractivity contribution < 1.29 is 8.42 Å². The van der Waals surface area contributed by atoms with Crippen LogP contribution in [0.2, 0.25) is 0 Å². The van der Waals surface area contributed by atoms with Crippen molar-refractivity contribution in [2.45, 2.75) is 11.8 Å². The van der Waals surface area contributed by atoms with Crippen molar-refractivity contribution >= 4 is 20.9 Å². The third-order valence-corrected chi connectivity index (χ3v) is 4.59. The van der Waals surface area contributed by atoms with Gasteiger partial charge in [0.25, 0.3) is 0 Å². The highest BCUT2D eigenvalue weighted by Gasteiger charge is 2.19. The first-order chi connectivity index (χ1) is 9.88. The fourth-order valence-electron chi connectivity index (χ4n) is 2.41. The molecule has 108 valence electrons. The van der Waals surface area contributed by atoms with Gasteiger partial charge in [0.1, 0.15) is 5.82 Å². The minimum atomic E-state index is -3.36. The average molecular weight is 301 g/mol. The molecule has 2 heterocycles. The van der Waals surface area contributed by atoms with Gasteiger partial charge in [-0.15, -0.1) is 0 Å². The second-order valence-corrected chi connectivity index (χ2v) is 7.11. The molecule has 0 radical (unpaired) electrons. The summed E-state index contributed by atoms with van der Waals surface area (Å²) in [4.78, 5) is 8.70. The van der Waals surface area contributed by atoms with E-state index in [1.807, 2.05) is 36.7 Å². The highest BCUT2D eigenvalue weighted by atomic mass is 32.2. The second kappa shape index (κ2) is 4.66. The Hall–Kier alpha value is -2.21. The van der Waals surface area contributed by atoms with Gasteiger partial charge in [0.15, 0.2) is 9.84 Å². The SMILES string of the molecule is Cc1ccc2c(c1)nc(-c1ccncc1S(C)(=O)=O)n2C. The lowest BCUT2D eigenvalue weighted by Gasteiger charge is -2.07. The summed E-state index contributed by atoms with van der Waals surface area (Å²) in [7, 11) is -1.48. The van der Waals surface area contributed by atoms with Gasteiger partial charge in [0, 0.05) is 31.3 Å². The molecule has 0 N–H and O–H groups in total. The number of aromatic nitrogens is 3. The Kier molecular flexibility index (Phi) is 3.06. The fraction of sp³-hybridized carbons (Fsp3) is 0.200. The van der Waals surface area contributed by atoms with Crippen LogP contribution in [0.3, 0.4) is 0 Å². The quantitative estimate of drug-likeness (QED) is 0.729. The number of aryl methyl sites for hydroxylation is 2. The normalized spacial score (nSPS) is 12.0. The minimum absolute atomic E-state index is 0.195. The Balaban J connectivity index is 2.34. The van der Waals surface area contributed by atoms with Crippen LogP contribution in [0.25, 0.3) is 22.4 Å². The lowest BCUT2D eigenvalue weighted by molar-refractivity contribution is 0.601. The van der Waals surface area contributed by atoms with Gasteiger partial charge in [0.2, 0.25) is 0 Å². The maximum Gasteiger partial charge on any atom is 0.177 e. The summed E-state index contributed by atoms with van der Waals surface area (Å²) in [5, 5.41) is 0. The topological polar surface area (TPSA) is 64.8 Å². The average Bonchev–Trinajstić information content (AvgIpc) is 2.74. The molecule has 1 aromatic carbocycles. The number of hydrogen-bond donors (Lipinski definition) is 0. The van der Waals surface area contributed by atoms with Crippen molar-refractivity contribution in [1.29, 1.82) is 0 Å². The predicted molar refractivity (Wildman–Crippen MR) is 81.8 cm³/mol. The number of rotatable bonds is 2. The summed E-state index contributed by atoms with van der Waals surface area (Å²) in [6.07, 6.45) is 4.13. The molecule has 0 aliphatic heterocycles. The fourth-order valence-corrected chi connectivity index (χ4v) is 3.22. The molecule has 3 rings (SSSR count). The first-order valence-electron chi connectivity index (χ1n) is 6.45. The van der Waals surface area contributed by atoms with Crippen molar-refractivity contribution in [1.82, 2.24) is 14.5 Å². The molecule has 0 saturated heterocycles. The van der Waals surface area contributed by atoms with Crippen molar-refractivity contribution in [2.24, 2.45) is 7.05 Å². The van der Waals surface area contributed by atoms with Crippen molar-refractivity contribution in [2.75, 3.05) is 6.26 Å². The van der Waals surface area contributed by atoms with Gasteiger partial charge in [0.05, 0.1) is 15.9 Å². The van der Waals surface area contributed by atoms with Gasteiger partial charge < -0.3 is 4.57 Å².